The van der Waals surface area contributed by atoms with Gasteiger partial charge in [0.1, 0.15) is 5.52 Å². The Balaban J connectivity index is 2.80. The van der Waals surface area contributed by atoms with Crippen molar-refractivity contribution in [3.8, 4) is 0 Å². The van der Waals surface area contributed by atoms with Gasteiger partial charge in [0.15, 0.2) is 5.69 Å². The second-order valence-electron chi connectivity index (χ2n) is 2.99. The van der Waals surface area contributed by atoms with E-state index in [2.05, 4.69) is 25.9 Å². The monoisotopic (exact) mass is 254 g/mol. The summed E-state index contributed by atoms with van der Waals surface area (Å²) in [7, 11) is 0. The number of carboxylic acid groups (broad SMARTS) is 1. The number of fused-ring (bicyclic) bond motifs is 1. The Kier molecular flexibility index (Phi) is 2.03. The molecular formula is C9H7BrN2O2. The largest absolute Gasteiger partial charge is 0.477 e. The first kappa shape index (κ1) is 9.21. The zero-order chi connectivity index (χ0) is 10.3. The van der Waals surface area contributed by atoms with Crippen LogP contribution < -0.4 is 0 Å². The summed E-state index contributed by atoms with van der Waals surface area (Å²) >= 11 is 3.29. The molecule has 2 rings (SSSR count). The number of carboxylic acids is 1. The average molecular weight is 255 g/mol. The first-order valence-corrected chi connectivity index (χ1v) is 4.76. The van der Waals surface area contributed by atoms with Gasteiger partial charge in [0, 0.05) is 6.20 Å². The van der Waals surface area contributed by atoms with Crippen molar-refractivity contribution in [3.63, 3.8) is 0 Å². The molecule has 14 heavy (non-hydrogen) atoms. The second-order valence-corrected chi connectivity index (χ2v) is 3.85. The van der Waals surface area contributed by atoms with Gasteiger partial charge in [0.05, 0.1) is 9.99 Å². The van der Waals surface area contributed by atoms with Gasteiger partial charge in [-0.3, -0.25) is 0 Å². The van der Waals surface area contributed by atoms with Crippen molar-refractivity contribution in [2.75, 3.05) is 0 Å². The van der Waals surface area contributed by atoms with E-state index in [0.717, 1.165) is 9.99 Å². The van der Waals surface area contributed by atoms with Crippen LogP contribution in [0.5, 0.6) is 0 Å². The van der Waals surface area contributed by atoms with Crippen LogP contribution in [0.15, 0.2) is 16.7 Å². The van der Waals surface area contributed by atoms with E-state index >= 15 is 0 Å². The minimum atomic E-state index is -1.00. The van der Waals surface area contributed by atoms with Gasteiger partial charge in [0.25, 0.3) is 0 Å². The number of pyridine rings is 1. The predicted octanol–water partition coefficient (Wildman–Crippen LogP) is 2.33. The number of carbonyl (C=O) groups is 1. The lowest BCUT2D eigenvalue weighted by Gasteiger charge is -1.99. The lowest BCUT2D eigenvalue weighted by molar-refractivity contribution is 0.0690. The zero-order valence-electron chi connectivity index (χ0n) is 7.34. The third kappa shape index (κ3) is 1.29. The fourth-order valence-corrected chi connectivity index (χ4v) is 1.75. The van der Waals surface area contributed by atoms with E-state index in [-0.39, 0.29) is 5.69 Å². The molecule has 2 heterocycles. The summed E-state index contributed by atoms with van der Waals surface area (Å²) in [6.45, 7) is 1.73. The highest BCUT2D eigenvalue weighted by atomic mass is 79.9. The van der Waals surface area contributed by atoms with Crippen molar-refractivity contribution in [3.05, 3.63) is 28.0 Å². The van der Waals surface area contributed by atoms with Crippen molar-refractivity contribution >= 4 is 32.9 Å². The van der Waals surface area contributed by atoms with Crippen molar-refractivity contribution in [1.82, 2.24) is 9.97 Å². The fourth-order valence-electron chi connectivity index (χ4n) is 1.33. The Morgan fingerprint density at radius 2 is 2.36 bits per heavy atom. The molecule has 4 nitrogen and oxygen atoms in total. The lowest BCUT2D eigenvalue weighted by atomic mass is 10.2. The predicted molar refractivity (Wildman–Crippen MR) is 55.5 cm³/mol. The maximum atomic E-state index is 10.8. The molecular weight excluding hydrogens is 248 g/mol. The summed E-state index contributed by atoms with van der Waals surface area (Å²) in [6, 6.07) is 1.77. The highest BCUT2D eigenvalue weighted by Crippen LogP contribution is 2.23. The topological polar surface area (TPSA) is 66.0 Å². The van der Waals surface area contributed by atoms with E-state index in [9.17, 15) is 4.79 Å². The maximum Gasteiger partial charge on any atom is 0.354 e. The summed E-state index contributed by atoms with van der Waals surface area (Å²) < 4.78 is 0.773. The average Bonchev–Trinajstić information content (AvgIpc) is 2.46. The molecule has 2 aromatic heterocycles. The van der Waals surface area contributed by atoms with E-state index in [1.807, 2.05) is 0 Å². The number of nitrogens with zero attached hydrogens (tertiary/aromatic N) is 1. The molecule has 2 N–H and O–H groups in total. The third-order valence-corrected chi connectivity index (χ3v) is 2.60. The van der Waals surface area contributed by atoms with Gasteiger partial charge >= 0.3 is 5.97 Å². The maximum absolute atomic E-state index is 10.8. The molecule has 0 amide bonds. The Morgan fingerprint density at radius 3 is 3.00 bits per heavy atom. The Bertz CT molecular complexity index is 519. The molecule has 0 spiro atoms. The molecule has 0 aliphatic carbocycles. The second kappa shape index (κ2) is 3.09. The summed E-state index contributed by atoms with van der Waals surface area (Å²) in [4.78, 5) is 17.9. The summed E-state index contributed by atoms with van der Waals surface area (Å²) in [6.07, 6.45) is 1.74. The van der Waals surface area contributed by atoms with Crippen LogP contribution in [0, 0.1) is 6.92 Å². The van der Waals surface area contributed by atoms with Gasteiger partial charge in [-0.15, -0.1) is 0 Å². The molecule has 0 aromatic carbocycles. The molecule has 0 radical (unpaired) electrons. The molecule has 0 aliphatic heterocycles. The fraction of sp³-hybridized carbons (Fsp3) is 0.111. The van der Waals surface area contributed by atoms with Gasteiger partial charge in [-0.25, -0.2) is 9.78 Å². The molecule has 0 fully saturated rings. The van der Waals surface area contributed by atoms with Crippen molar-refractivity contribution in [1.29, 1.82) is 0 Å². The molecule has 0 saturated heterocycles. The summed E-state index contributed by atoms with van der Waals surface area (Å²) in [5, 5.41) is 8.87. The number of hydrogen-bond acceptors (Lipinski definition) is 2. The van der Waals surface area contributed by atoms with E-state index in [1.54, 1.807) is 19.2 Å². The minimum Gasteiger partial charge on any atom is -0.477 e. The number of H-pyrrole nitrogens is 1. The highest BCUT2D eigenvalue weighted by molar-refractivity contribution is 9.10. The third-order valence-electron chi connectivity index (χ3n) is 2.00. The van der Waals surface area contributed by atoms with Gasteiger partial charge in [-0.2, -0.15) is 0 Å². The zero-order valence-corrected chi connectivity index (χ0v) is 8.92. The van der Waals surface area contributed by atoms with Crippen LogP contribution in [0.25, 0.3) is 11.0 Å². The normalized spacial score (nSPS) is 10.7. The van der Waals surface area contributed by atoms with Crippen LogP contribution in [0.3, 0.4) is 0 Å². The molecule has 0 bridgehead atoms. The molecule has 0 aliphatic rings. The summed E-state index contributed by atoms with van der Waals surface area (Å²) in [5.74, 6) is -1.00. The van der Waals surface area contributed by atoms with Crippen LogP contribution in [0.4, 0.5) is 0 Å². The Hall–Kier alpha value is -1.36. The number of nitrogens with one attached hydrogen (secondary N) is 1. The number of aromatic carboxylic acids is 1. The molecule has 0 saturated carbocycles. The summed E-state index contributed by atoms with van der Waals surface area (Å²) in [5.41, 5.74) is 2.23. The molecule has 72 valence electrons. The number of rotatable bonds is 1. The van der Waals surface area contributed by atoms with E-state index in [4.69, 9.17) is 5.11 Å². The van der Waals surface area contributed by atoms with Gasteiger partial charge in [-0.05, 0) is 34.5 Å². The molecule has 0 unspecified atom stereocenters. The number of aromatic amines is 1. The Morgan fingerprint density at radius 1 is 1.64 bits per heavy atom. The van der Waals surface area contributed by atoms with Crippen LogP contribution in [0.1, 0.15) is 16.1 Å². The van der Waals surface area contributed by atoms with Crippen LogP contribution >= 0.6 is 15.9 Å². The van der Waals surface area contributed by atoms with E-state index in [0.29, 0.717) is 11.1 Å². The van der Waals surface area contributed by atoms with Crippen LogP contribution in [-0.2, 0) is 0 Å². The smallest absolute Gasteiger partial charge is 0.354 e. The minimum absolute atomic E-state index is 0.0952. The van der Waals surface area contributed by atoms with Crippen LogP contribution in [0.2, 0.25) is 0 Å². The van der Waals surface area contributed by atoms with Gasteiger partial charge < -0.3 is 10.1 Å². The first-order chi connectivity index (χ1) is 6.59. The SMILES string of the molecule is Cc1cc2[nH]cc(Br)c2nc1C(=O)O. The van der Waals surface area contributed by atoms with Crippen molar-refractivity contribution < 1.29 is 9.90 Å². The van der Waals surface area contributed by atoms with Gasteiger partial charge in [-0.1, -0.05) is 0 Å². The molecule has 0 atom stereocenters. The number of aryl methyl sites for hydroxylation is 1. The quantitative estimate of drug-likeness (QED) is 0.821. The van der Waals surface area contributed by atoms with Gasteiger partial charge in [0.2, 0.25) is 0 Å². The number of hydrogen-bond donors (Lipinski definition) is 2. The van der Waals surface area contributed by atoms with Crippen molar-refractivity contribution in [2.24, 2.45) is 0 Å². The van der Waals surface area contributed by atoms with Crippen LogP contribution in [-0.4, -0.2) is 21.0 Å². The molecule has 5 heteroatoms. The lowest BCUT2D eigenvalue weighted by Crippen LogP contribution is -2.03. The van der Waals surface area contributed by atoms with E-state index in [1.165, 1.54) is 0 Å². The number of halogens is 1. The number of aromatic nitrogens is 2. The van der Waals surface area contributed by atoms with E-state index < -0.39 is 5.97 Å². The van der Waals surface area contributed by atoms with Crippen molar-refractivity contribution in [2.45, 2.75) is 6.92 Å². The standard InChI is InChI=1S/C9H7BrN2O2/c1-4-2-6-8(5(10)3-11-6)12-7(4)9(13)14/h2-3,11H,1H3,(H,13,14). The first-order valence-electron chi connectivity index (χ1n) is 3.97. The Labute approximate surface area is 88.1 Å². The molecule has 2 aromatic rings. The highest BCUT2D eigenvalue weighted by Gasteiger charge is 2.12.